The van der Waals surface area contributed by atoms with E-state index in [2.05, 4.69) is 0 Å². The monoisotopic (exact) mass is 364 g/mol. The first-order chi connectivity index (χ1) is 12.4. The molecule has 0 radical (unpaired) electrons. The van der Waals surface area contributed by atoms with Gasteiger partial charge in [-0.05, 0) is 30.5 Å². The zero-order chi connectivity index (χ0) is 19.4. The average Bonchev–Trinajstić information content (AvgIpc) is 2.59. The molecule has 0 unspecified atom stereocenters. The fourth-order valence-corrected chi connectivity index (χ4v) is 2.22. The van der Waals surface area contributed by atoms with Crippen LogP contribution < -0.4 is 4.74 Å². The number of carboxylic acid groups (broad SMARTS) is 2. The van der Waals surface area contributed by atoms with E-state index in [1.54, 1.807) is 30.3 Å². The summed E-state index contributed by atoms with van der Waals surface area (Å²) in [7, 11) is 0. The number of benzene rings is 1. The van der Waals surface area contributed by atoms with Gasteiger partial charge in [0.05, 0.1) is 19.4 Å². The van der Waals surface area contributed by atoms with Crippen molar-refractivity contribution >= 4 is 17.9 Å². The third-order valence-corrected chi connectivity index (χ3v) is 3.54. The summed E-state index contributed by atoms with van der Waals surface area (Å²) in [6.45, 7) is 2.76. The van der Waals surface area contributed by atoms with Crippen LogP contribution in [0.1, 0.15) is 39.0 Å². The summed E-state index contributed by atoms with van der Waals surface area (Å²) in [4.78, 5) is 34.5. The van der Waals surface area contributed by atoms with E-state index in [-0.39, 0.29) is 30.6 Å². The lowest BCUT2D eigenvalue weighted by Crippen LogP contribution is -2.16. The molecule has 142 valence electrons. The van der Waals surface area contributed by atoms with Gasteiger partial charge in [-0.25, -0.2) is 4.79 Å². The van der Waals surface area contributed by atoms with Crippen molar-refractivity contribution in [2.45, 2.75) is 39.0 Å². The Labute approximate surface area is 152 Å². The third kappa shape index (κ3) is 8.43. The largest absolute Gasteiger partial charge is 0.481 e. The molecule has 0 bridgehead atoms. The molecule has 7 nitrogen and oxygen atoms in total. The van der Waals surface area contributed by atoms with Crippen LogP contribution in [0, 0.1) is 0 Å². The van der Waals surface area contributed by atoms with E-state index in [4.69, 9.17) is 14.6 Å². The van der Waals surface area contributed by atoms with Crippen molar-refractivity contribution in [3.8, 4) is 5.75 Å². The summed E-state index contributed by atoms with van der Waals surface area (Å²) < 4.78 is 10.6. The fraction of sp³-hybridized carbons (Fsp3) is 0.421. The highest BCUT2D eigenvalue weighted by molar-refractivity contribution is 5.94. The summed E-state index contributed by atoms with van der Waals surface area (Å²) in [5.74, 6) is -2.94. The van der Waals surface area contributed by atoms with E-state index in [1.807, 2.05) is 6.92 Å². The van der Waals surface area contributed by atoms with Crippen LogP contribution in [0.3, 0.4) is 0 Å². The Hall–Kier alpha value is -2.67. The molecule has 1 aromatic rings. The first-order valence-corrected chi connectivity index (χ1v) is 8.43. The molecular formula is C19H24O7. The number of hydrogen-bond acceptors (Lipinski definition) is 5. The van der Waals surface area contributed by atoms with E-state index >= 15 is 0 Å². The quantitative estimate of drug-likeness (QED) is 0.254. The van der Waals surface area contributed by atoms with Crippen molar-refractivity contribution in [1.29, 1.82) is 0 Å². The maximum Gasteiger partial charge on any atom is 0.332 e. The summed E-state index contributed by atoms with van der Waals surface area (Å²) in [5.41, 5.74) is -0.0982. The molecule has 0 atom stereocenters. The van der Waals surface area contributed by atoms with Crippen molar-refractivity contribution in [2.24, 2.45) is 0 Å². The van der Waals surface area contributed by atoms with E-state index in [9.17, 15) is 19.5 Å². The van der Waals surface area contributed by atoms with Gasteiger partial charge in [-0.3, -0.25) is 9.59 Å². The molecule has 0 aliphatic rings. The summed E-state index contributed by atoms with van der Waals surface area (Å²) in [6.07, 6.45) is 1.02. The number of carboxylic acids is 2. The van der Waals surface area contributed by atoms with Gasteiger partial charge in [-0.1, -0.05) is 31.5 Å². The second-order valence-corrected chi connectivity index (χ2v) is 5.64. The minimum absolute atomic E-state index is 0.155. The number of aliphatic carboxylic acids is 2. The Morgan fingerprint density at radius 3 is 2.27 bits per heavy atom. The maximum absolute atomic E-state index is 12.1. The highest BCUT2D eigenvalue weighted by Gasteiger charge is 2.20. The van der Waals surface area contributed by atoms with Crippen molar-refractivity contribution in [3.05, 3.63) is 41.5 Å². The summed E-state index contributed by atoms with van der Waals surface area (Å²) in [6, 6.07) is 8.38. The minimum atomic E-state index is -1.36. The lowest BCUT2D eigenvalue weighted by Gasteiger charge is -2.12. The Morgan fingerprint density at radius 2 is 1.69 bits per heavy atom. The van der Waals surface area contributed by atoms with Gasteiger partial charge in [-0.2, -0.15) is 0 Å². The molecular weight excluding hydrogens is 340 g/mol. The molecule has 7 heteroatoms. The Balaban J connectivity index is 2.85. The van der Waals surface area contributed by atoms with E-state index in [1.165, 1.54) is 0 Å². The molecule has 1 rings (SSSR count). The first-order valence-electron chi connectivity index (χ1n) is 8.43. The number of carbonyl (C=O) groups is 3. The van der Waals surface area contributed by atoms with Crippen LogP contribution in [-0.4, -0.2) is 41.3 Å². The minimum Gasteiger partial charge on any atom is -0.481 e. The normalized spacial score (nSPS) is 11.6. The predicted octanol–water partition coefficient (Wildman–Crippen LogP) is 3.04. The molecule has 1 aromatic carbocycles. The standard InChI is InChI=1S/C19H24O7/c1-2-3-10-25-11-9-14(16(19(23)24)13-17(20)21)12-18(22)26-15-7-5-4-6-8-15/h4-8H,2-3,9-13H2,1H3,(H,20,21)(H,23,24). The molecule has 0 saturated carbocycles. The van der Waals surface area contributed by atoms with Crippen molar-refractivity contribution in [2.75, 3.05) is 13.2 Å². The van der Waals surface area contributed by atoms with Gasteiger partial charge < -0.3 is 19.7 Å². The van der Waals surface area contributed by atoms with Gasteiger partial charge >= 0.3 is 17.9 Å². The molecule has 0 spiro atoms. The van der Waals surface area contributed by atoms with Crippen molar-refractivity contribution < 1.29 is 34.1 Å². The van der Waals surface area contributed by atoms with Crippen LogP contribution in [-0.2, 0) is 19.1 Å². The van der Waals surface area contributed by atoms with Gasteiger partial charge in [0, 0.05) is 12.2 Å². The summed E-state index contributed by atoms with van der Waals surface area (Å²) in [5, 5.41) is 18.3. The zero-order valence-electron chi connectivity index (χ0n) is 14.8. The lowest BCUT2D eigenvalue weighted by molar-refractivity contribution is -0.140. The molecule has 0 aliphatic carbocycles. The lowest BCUT2D eigenvalue weighted by atomic mass is 9.99. The second-order valence-electron chi connectivity index (χ2n) is 5.64. The van der Waals surface area contributed by atoms with Crippen LogP contribution in [0.25, 0.3) is 0 Å². The van der Waals surface area contributed by atoms with Crippen LogP contribution in [0.15, 0.2) is 41.5 Å². The fourth-order valence-electron chi connectivity index (χ4n) is 2.22. The maximum atomic E-state index is 12.1. The number of hydrogen-bond donors (Lipinski definition) is 2. The SMILES string of the molecule is CCCCOCCC(CC(=O)Oc1ccccc1)=C(CC(=O)O)C(=O)O. The molecule has 0 heterocycles. The Bertz CT molecular complexity index is 635. The van der Waals surface area contributed by atoms with Gasteiger partial charge in [-0.15, -0.1) is 0 Å². The molecule has 0 aromatic heterocycles. The molecule has 0 aliphatic heterocycles. The third-order valence-electron chi connectivity index (χ3n) is 3.54. The number of rotatable bonds is 12. The number of unbranched alkanes of at least 4 members (excludes halogenated alkanes) is 1. The molecule has 0 saturated heterocycles. The Morgan fingerprint density at radius 1 is 1.00 bits per heavy atom. The van der Waals surface area contributed by atoms with Crippen LogP contribution in [0.2, 0.25) is 0 Å². The van der Waals surface area contributed by atoms with Crippen LogP contribution in [0.4, 0.5) is 0 Å². The Kier molecular flexibility index (Phi) is 9.71. The average molecular weight is 364 g/mol. The zero-order valence-corrected chi connectivity index (χ0v) is 14.8. The van der Waals surface area contributed by atoms with E-state index in [0.717, 1.165) is 12.8 Å². The number of carbonyl (C=O) groups excluding carboxylic acids is 1. The molecule has 0 amide bonds. The highest BCUT2D eigenvalue weighted by Crippen LogP contribution is 2.20. The highest BCUT2D eigenvalue weighted by atomic mass is 16.5. The van der Waals surface area contributed by atoms with E-state index in [0.29, 0.717) is 12.4 Å². The van der Waals surface area contributed by atoms with Gasteiger partial charge in [0.25, 0.3) is 0 Å². The van der Waals surface area contributed by atoms with Crippen molar-refractivity contribution in [1.82, 2.24) is 0 Å². The van der Waals surface area contributed by atoms with E-state index < -0.39 is 24.3 Å². The van der Waals surface area contributed by atoms with Gasteiger partial charge in [0.2, 0.25) is 0 Å². The smallest absolute Gasteiger partial charge is 0.332 e. The van der Waals surface area contributed by atoms with Crippen LogP contribution >= 0.6 is 0 Å². The van der Waals surface area contributed by atoms with Crippen LogP contribution in [0.5, 0.6) is 5.75 Å². The second kappa shape index (κ2) is 11.8. The molecule has 26 heavy (non-hydrogen) atoms. The summed E-state index contributed by atoms with van der Waals surface area (Å²) >= 11 is 0. The molecule has 2 N–H and O–H groups in total. The first kappa shape index (κ1) is 21.4. The predicted molar refractivity (Wildman–Crippen MR) is 94.0 cm³/mol. The number of esters is 1. The number of ether oxygens (including phenoxy) is 2. The van der Waals surface area contributed by atoms with Gasteiger partial charge in [0.1, 0.15) is 5.75 Å². The van der Waals surface area contributed by atoms with Crippen molar-refractivity contribution in [3.63, 3.8) is 0 Å². The number of para-hydroxylation sites is 1. The van der Waals surface area contributed by atoms with Gasteiger partial charge in [0.15, 0.2) is 0 Å². The topological polar surface area (TPSA) is 110 Å². The molecule has 0 fully saturated rings.